The van der Waals surface area contributed by atoms with Crippen molar-refractivity contribution in [3.63, 3.8) is 0 Å². The molecule has 4 atom stereocenters. The van der Waals surface area contributed by atoms with Crippen molar-refractivity contribution in [1.82, 2.24) is 4.90 Å². The third-order valence-electron chi connectivity index (χ3n) is 6.89. The first-order valence-corrected chi connectivity index (χ1v) is 10.5. The van der Waals surface area contributed by atoms with Crippen LogP contribution in [-0.2, 0) is 20.8 Å². The van der Waals surface area contributed by atoms with Crippen molar-refractivity contribution in [3.05, 3.63) is 55.8 Å². The van der Waals surface area contributed by atoms with Gasteiger partial charge in [0.05, 0.1) is 11.6 Å². The van der Waals surface area contributed by atoms with Crippen molar-refractivity contribution >= 4 is 23.2 Å². The van der Waals surface area contributed by atoms with Crippen molar-refractivity contribution in [2.24, 2.45) is 17.6 Å². The number of carbonyl (C=O) groups excluding carboxylic acids is 3. The molecule has 1 aromatic rings. The van der Waals surface area contributed by atoms with E-state index in [4.69, 9.17) is 5.73 Å². The topological polar surface area (TPSA) is 205 Å². The molecule has 0 spiro atoms. The number of primary amides is 1. The van der Waals surface area contributed by atoms with Crippen LogP contribution < -0.4 is 5.73 Å². The van der Waals surface area contributed by atoms with E-state index < -0.39 is 68.7 Å². The maximum atomic E-state index is 13.7. The second-order valence-corrected chi connectivity index (χ2v) is 8.94. The number of amides is 1. The highest BCUT2D eigenvalue weighted by molar-refractivity contribution is 6.24. The van der Waals surface area contributed by atoms with Gasteiger partial charge in [-0.15, -0.1) is 0 Å². The van der Waals surface area contributed by atoms with Crippen LogP contribution >= 0.6 is 0 Å². The summed E-state index contributed by atoms with van der Waals surface area (Å²) in [5, 5.41) is 54.4. The molecular formula is C23H21N3O9. The Kier molecular flexibility index (Phi) is 5.42. The lowest BCUT2D eigenvalue weighted by molar-refractivity contribution is -0.379. The van der Waals surface area contributed by atoms with E-state index in [-0.39, 0.29) is 35.1 Å². The van der Waals surface area contributed by atoms with Gasteiger partial charge < -0.3 is 26.2 Å². The summed E-state index contributed by atoms with van der Waals surface area (Å²) >= 11 is 0. The first-order chi connectivity index (χ1) is 16.3. The number of aromatic hydroxyl groups is 1. The lowest BCUT2D eigenvalue weighted by Crippen LogP contribution is -2.65. The van der Waals surface area contributed by atoms with Crippen molar-refractivity contribution in [3.8, 4) is 17.7 Å². The molecule has 0 heterocycles. The van der Waals surface area contributed by atoms with Gasteiger partial charge in [0.15, 0.2) is 11.4 Å². The smallest absolute Gasteiger partial charge is 0.295 e. The lowest BCUT2D eigenvalue weighted by atomic mass is 9.57. The first-order valence-electron chi connectivity index (χ1n) is 10.5. The molecule has 35 heavy (non-hydrogen) atoms. The summed E-state index contributed by atoms with van der Waals surface area (Å²) in [6, 6.07) is 3.06. The van der Waals surface area contributed by atoms with Gasteiger partial charge in [-0.25, -0.2) is 10.1 Å². The summed E-state index contributed by atoms with van der Waals surface area (Å²) in [6.07, 6.45) is -0.103. The molecule has 0 unspecified atom stereocenters. The minimum Gasteiger partial charge on any atom is -0.508 e. The van der Waals surface area contributed by atoms with Gasteiger partial charge in [-0.2, -0.15) is 0 Å². The number of ketones is 2. The molecule has 0 saturated heterocycles. The molecule has 6 N–H and O–H groups in total. The number of phenols is 1. The summed E-state index contributed by atoms with van der Waals surface area (Å²) in [5.41, 5.74) is 1.55. The first kappa shape index (κ1) is 23.9. The van der Waals surface area contributed by atoms with Crippen LogP contribution in [0.3, 0.4) is 0 Å². The average molecular weight is 483 g/mol. The zero-order valence-corrected chi connectivity index (χ0v) is 18.6. The van der Waals surface area contributed by atoms with Crippen LogP contribution in [0.15, 0.2) is 29.0 Å². The van der Waals surface area contributed by atoms with Gasteiger partial charge in [-0.3, -0.25) is 19.3 Å². The van der Waals surface area contributed by atoms with Gasteiger partial charge in [0, 0.05) is 23.0 Å². The number of likely N-dealkylation sites (N-methyl/N-ethyl adjacent to an activating group) is 1. The number of benzene rings is 1. The molecule has 1 amide bonds. The van der Waals surface area contributed by atoms with Crippen LogP contribution in [0.2, 0.25) is 0 Å². The largest absolute Gasteiger partial charge is 0.508 e. The summed E-state index contributed by atoms with van der Waals surface area (Å²) in [6.45, 7) is 0. The molecule has 0 aromatic heterocycles. The number of fused-ring (bicyclic) bond motifs is 3. The normalized spacial score (nSPS) is 27.6. The quantitative estimate of drug-likeness (QED) is 0.120. The third-order valence-corrected chi connectivity index (χ3v) is 6.89. The number of hydrogen-bond acceptors (Lipinski definition) is 10. The zero-order chi connectivity index (χ0) is 26.0. The van der Waals surface area contributed by atoms with E-state index in [1.54, 1.807) is 6.04 Å². The van der Waals surface area contributed by atoms with Crippen LogP contribution in [0, 0.1) is 33.9 Å². The highest BCUT2D eigenvalue weighted by atomic mass is 16.6. The molecule has 3 aliphatic carbocycles. The van der Waals surface area contributed by atoms with Crippen molar-refractivity contribution in [2.75, 3.05) is 14.1 Å². The van der Waals surface area contributed by atoms with Crippen LogP contribution in [0.25, 0.3) is 5.76 Å². The van der Waals surface area contributed by atoms with E-state index >= 15 is 0 Å². The predicted octanol–water partition coefficient (Wildman–Crippen LogP) is -0.450. The molecule has 1 fully saturated rings. The molecule has 1 saturated carbocycles. The van der Waals surface area contributed by atoms with E-state index in [2.05, 4.69) is 5.92 Å². The molecule has 12 nitrogen and oxygen atoms in total. The molecule has 3 aliphatic rings. The Morgan fingerprint density at radius 1 is 1.26 bits per heavy atom. The Labute approximate surface area is 198 Å². The number of rotatable bonds is 2. The van der Waals surface area contributed by atoms with Crippen molar-refractivity contribution < 1.29 is 39.7 Å². The highest BCUT2D eigenvalue weighted by Gasteiger charge is 2.64. The van der Waals surface area contributed by atoms with Crippen LogP contribution in [0.5, 0.6) is 5.75 Å². The summed E-state index contributed by atoms with van der Waals surface area (Å²) in [7, 11) is 2.99. The number of nitrogens with zero attached hydrogens (tertiary/aromatic N) is 2. The lowest BCUT2D eigenvalue weighted by Gasteiger charge is -2.50. The maximum Gasteiger partial charge on any atom is 0.295 e. The highest BCUT2D eigenvalue weighted by Crippen LogP contribution is 2.52. The van der Waals surface area contributed by atoms with Crippen molar-refractivity contribution in [2.45, 2.75) is 24.5 Å². The number of carbonyl (C=O) groups is 3. The number of nitrogens with two attached hydrogens (primary N) is 1. The fraction of sp³-hybridized carbons (Fsp3) is 0.348. The summed E-state index contributed by atoms with van der Waals surface area (Å²) in [4.78, 5) is 49.9. The third kappa shape index (κ3) is 3.28. The predicted molar refractivity (Wildman–Crippen MR) is 118 cm³/mol. The van der Waals surface area contributed by atoms with Gasteiger partial charge in [-0.05, 0) is 50.6 Å². The minimum atomic E-state index is -2.73. The van der Waals surface area contributed by atoms with E-state index in [0.717, 1.165) is 6.07 Å². The van der Waals surface area contributed by atoms with Gasteiger partial charge in [-0.1, -0.05) is 0 Å². The molecule has 0 bridgehead atoms. The Morgan fingerprint density at radius 2 is 1.91 bits per heavy atom. The molecule has 1 aromatic carbocycles. The van der Waals surface area contributed by atoms with Crippen molar-refractivity contribution in [1.29, 1.82) is 0 Å². The Balaban J connectivity index is 1.98. The molecule has 182 valence electrons. The maximum absolute atomic E-state index is 13.7. The second-order valence-electron chi connectivity index (χ2n) is 8.94. The average Bonchev–Trinajstić information content (AvgIpc) is 2.75. The van der Waals surface area contributed by atoms with E-state index in [0.29, 0.717) is 0 Å². The Morgan fingerprint density at radius 3 is 2.49 bits per heavy atom. The van der Waals surface area contributed by atoms with E-state index in [1.807, 2.05) is 0 Å². The van der Waals surface area contributed by atoms with Crippen LogP contribution in [-0.4, -0.2) is 73.5 Å². The zero-order valence-electron chi connectivity index (χ0n) is 18.6. The van der Waals surface area contributed by atoms with Gasteiger partial charge in [0.2, 0.25) is 5.78 Å². The summed E-state index contributed by atoms with van der Waals surface area (Å²) < 4.78 is 0. The monoisotopic (exact) mass is 483 g/mol. The SMILES string of the molecule is CN(C)[C@H]1C(=O)C(C(N)=O)=C(O)[C@]2(O)C(=O)C3=C(O)c4c(O)ccc(C#C[N+](=O)[O-])c4C[C@@H]3C[C@H]12. The molecule has 0 radical (unpaired) electrons. The fourth-order valence-electron chi connectivity index (χ4n) is 5.47. The van der Waals surface area contributed by atoms with E-state index in [9.17, 15) is 44.9 Å². The summed E-state index contributed by atoms with van der Waals surface area (Å²) in [5.74, 6) is -5.27. The van der Waals surface area contributed by atoms with Gasteiger partial charge in [0.1, 0.15) is 27.8 Å². The standard InChI is InChI=1S/C23H21N3O9/c1-25(2)17-12-8-10-7-11-9(5-6-26(34)35)3-4-13(27)15(11)18(28)14(10)20(30)23(12,33)21(31)16(19(17)29)22(24)32/h3-4,10,12,17,27-28,31,33H,7-8H2,1-2H3,(H2,24,32)/t10-,12-,17-,23-/m1/s1. The molecule has 12 heteroatoms. The minimum absolute atomic E-state index is 0.00926. The molecule has 4 rings (SSSR count). The molecular weight excluding hydrogens is 462 g/mol. The Bertz CT molecular complexity index is 1350. The Hall–Kier alpha value is -4.21. The number of Topliss-reactive ketones (excluding diaryl/α,β-unsaturated/α-hetero) is 2. The van der Waals surface area contributed by atoms with Gasteiger partial charge in [0.25, 0.3) is 12.0 Å². The molecule has 0 aliphatic heterocycles. The number of nitro groups is 1. The van der Waals surface area contributed by atoms with Crippen LogP contribution in [0.1, 0.15) is 23.1 Å². The van der Waals surface area contributed by atoms with Crippen LogP contribution in [0.4, 0.5) is 0 Å². The second kappa shape index (κ2) is 7.93. The van der Waals surface area contributed by atoms with Gasteiger partial charge >= 0.3 is 0 Å². The number of aliphatic hydroxyl groups is 3. The number of hydrogen-bond donors (Lipinski definition) is 5. The number of aliphatic hydroxyl groups excluding tert-OH is 2. The number of phenolic OH excluding ortho intramolecular Hbond substituents is 1. The van der Waals surface area contributed by atoms with E-state index in [1.165, 1.54) is 25.1 Å². The fourth-order valence-corrected chi connectivity index (χ4v) is 5.47.